The van der Waals surface area contributed by atoms with Crippen LogP contribution in [0, 0.1) is 6.92 Å². The van der Waals surface area contributed by atoms with Crippen molar-refractivity contribution in [3.63, 3.8) is 0 Å². The number of hydrogen-bond acceptors (Lipinski definition) is 4. The molecule has 0 saturated heterocycles. The lowest BCUT2D eigenvalue weighted by Gasteiger charge is -2.07. The van der Waals surface area contributed by atoms with Crippen molar-refractivity contribution < 1.29 is 4.79 Å². The van der Waals surface area contributed by atoms with E-state index in [-0.39, 0.29) is 5.91 Å². The second-order valence-electron chi connectivity index (χ2n) is 7.26. The van der Waals surface area contributed by atoms with Crippen LogP contribution < -0.4 is 5.32 Å². The molecule has 5 nitrogen and oxygen atoms in total. The van der Waals surface area contributed by atoms with E-state index >= 15 is 0 Å². The topological polar surface area (TPSA) is 59.8 Å². The summed E-state index contributed by atoms with van der Waals surface area (Å²) in [4.78, 5) is 17.6. The molecule has 0 saturated carbocycles. The molecule has 5 heteroatoms. The molecule has 0 fully saturated rings. The molecule has 0 radical (unpaired) electrons. The van der Waals surface area contributed by atoms with Gasteiger partial charge >= 0.3 is 0 Å². The summed E-state index contributed by atoms with van der Waals surface area (Å²) in [6, 6.07) is 28.0. The van der Waals surface area contributed by atoms with Crippen molar-refractivity contribution in [2.24, 2.45) is 0 Å². The Hall–Kier alpha value is -3.73. The zero-order chi connectivity index (χ0) is 20.8. The van der Waals surface area contributed by atoms with Gasteiger partial charge < -0.3 is 5.32 Å². The van der Waals surface area contributed by atoms with E-state index in [1.807, 2.05) is 91.9 Å². The van der Waals surface area contributed by atoms with E-state index in [0.29, 0.717) is 31.2 Å². The molecule has 30 heavy (non-hydrogen) atoms. The Morgan fingerprint density at radius 2 is 1.50 bits per heavy atom. The highest BCUT2D eigenvalue weighted by atomic mass is 16.2. The quantitative estimate of drug-likeness (QED) is 0.470. The lowest BCUT2D eigenvalue weighted by Crippen LogP contribution is -2.17. The van der Waals surface area contributed by atoms with Gasteiger partial charge in [-0.25, -0.2) is 0 Å². The number of hydrogen-bond donors (Lipinski definition) is 1. The third-order valence-corrected chi connectivity index (χ3v) is 4.92. The lowest BCUT2D eigenvalue weighted by molar-refractivity contribution is 0.0890. The second-order valence-corrected chi connectivity index (χ2v) is 7.26. The second kappa shape index (κ2) is 9.18. The summed E-state index contributed by atoms with van der Waals surface area (Å²) in [6.07, 6.45) is 1.03. The van der Waals surface area contributed by atoms with Gasteiger partial charge in [-0.05, 0) is 24.5 Å². The fourth-order valence-electron chi connectivity index (χ4n) is 3.20. The Labute approximate surface area is 176 Å². The number of carbonyl (C=O) groups excluding carboxylic acids is 1. The van der Waals surface area contributed by atoms with Gasteiger partial charge in [0.05, 0.1) is 0 Å². The normalized spacial score (nSPS) is 10.7. The van der Waals surface area contributed by atoms with Crippen LogP contribution in [0.1, 0.15) is 27.9 Å². The Balaban J connectivity index is 1.57. The highest BCUT2D eigenvalue weighted by molar-refractivity contribution is 5.81. The molecule has 1 N–H and O–H groups in total. The summed E-state index contributed by atoms with van der Waals surface area (Å²) in [7, 11) is 0. The number of aryl methyl sites for hydroxylation is 2. The average molecular weight is 396 g/mol. The molecule has 4 aromatic rings. The zero-order valence-electron chi connectivity index (χ0n) is 17.0. The van der Waals surface area contributed by atoms with Crippen molar-refractivity contribution >= 4 is 11.9 Å². The van der Waals surface area contributed by atoms with Crippen molar-refractivity contribution in [1.82, 2.24) is 14.8 Å². The van der Waals surface area contributed by atoms with E-state index < -0.39 is 0 Å². The molecular weight excluding hydrogens is 372 g/mol. The van der Waals surface area contributed by atoms with Gasteiger partial charge in [0, 0.05) is 18.5 Å². The minimum Gasteiger partial charge on any atom is -0.350 e. The van der Waals surface area contributed by atoms with Gasteiger partial charge in [0.1, 0.15) is 0 Å². The number of rotatable bonds is 7. The number of aromatic nitrogens is 3. The molecule has 0 atom stereocenters. The molecule has 4 rings (SSSR count). The maximum Gasteiger partial charge on any atom is 0.250 e. The number of carbonyl (C=O) groups is 1. The van der Waals surface area contributed by atoms with Crippen molar-refractivity contribution in [2.75, 3.05) is 5.32 Å². The first-order valence-electron chi connectivity index (χ1n) is 10.1. The van der Waals surface area contributed by atoms with Gasteiger partial charge in [-0.1, -0.05) is 90.5 Å². The van der Waals surface area contributed by atoms with Crippen LogP contribution in [0.4, 0.5) is 5.95 Å². The monoisotopic (exact) mass is 396 g/mol. The molecule has 1 heterocycles. The van der Waals surface area contributed by atoms with Gasteiger partial charge in [0.2, 0.25) is 11.9 Å². The fraction of sp³-hybridized carbons (Fsp3) is 0.160. The van der Waals surface area contributed by atoms with E-state index in [9.17, 15) is 4.79 Å². The highest BCUT2D eigenvalue weighted by Gasteiger charge is 2.17. The van der Waals surface area contributed by atoms with Crippen LogP contribution >= 0.6 is 0 Å². The predicted octanol–water partition coefficient (Wildman–Crippen LogP) is 5.14. The number of nitrogens with zero attached hydrogens (tertiary/aromatic N) is 3. The van der Waals surface area contributed by atoms with E-state index in [1.54, 1.807) is 0 Å². The van der Waals surface area contributed by atoms with Crippen molar-refractivity contribution in [3.8, 4) is 11.4 Å². The minimum atomic E-state index is -0.0831. The summed E-state index contributed by atoms with van der Waals surface area (Å²) >= 11 is 0. The van der Waals surface area contributed by atoms with Crippen LogP contribution in [0.15, 0.2) is 84.9 Å². The molecule has 0 unspecified atom stereocenters. The third-order valence-electron chi connectivity index (χ3n) is 4.92. The number of nitrogens with one attached hydrogen (secondary N) is 1. The maximum absolute atomic E-state index is 13.0. The zero-order valence-corrected chi connectivity index (χ0v) is 17.0. The fourth-order valence-corrected chi connectivity index (χ4v) is 3.20. The highest BCUT2D eigenvalue weighted by Crippen LogP contribution is 2.20. The van der Waals surface area contributed by atoms with E-state index in [4.69, 9.17) is 0 Å². The van der Waals surface area contributed by atoms with Crippen molar-refractivity contribution in [1.29, 1.82) is 0 Å². The first-order valence-corrected chi connectivity index (χ1v) is 10.1. The van der Waals surface area contributed by atoms with Gasteiger partial charge in [-0.3, -0.25) is 4.79 Å². The Morgan fingerprint density at radius 1 is 0.867 bits per heavy atom. The molecule has 150 valence electrons. The summed E-state index contributed by atoms with van der Waals surface area (Å²) in [5, 5.41) is 7.81. The molecule has 0 amide bonds. The smallest absolute Gasteiger partial charge is 0.250 e. The van der Waals surface area contributed by atoms with Gasteiger partial charge in [0.15, 0.2) is 5.82 Å². The average Bonchev–Trinajstić information content (AvgIpc) is 3.22. The minimum absolute atomic E-state index is 0.0831. The Morgan fingerprint density at radius 3 is 2.17 bits per heavy atom. The first-order chi connectivity index (χ1) is 14.7. The molecule has 1 aromatic heterocycles. The van der Waals surface area contributed by atoms with Crippen LogP contribution in [0.3, 0.4) is 0 Å². The predicted molar refractivity (Wildman–Crippen MR) is 119 cm³/mol. The Bertz CT molecular complexity index is 1100. The van der Waals surface area contributed by atoms with E-state index in [2.05, 4.69) is 15.4 Å². The van der Waals surface area contributed by atoms with Gasteiger partial charge in [0.25, 0.3) is 0 Å². The van der Waals surface area contributed by atoms with Crippen LogP contribution in [-0.2, 0) is 13.0 Å². The summed E-state index contributed by atoms with van der Waals surface area (Å²) in [5.74, 6) is 0.923. The van der Waals surface area contributed by atoms with E-state index in [0.717, 1.165) is 16.7 Å². The molecule has 3 aromatic carbocycles. The Kier molecular flexibility index (Phi) is 5.99. The lowest BCUT2D eigenvalue weighted by atomic mass is 10.1. The molecular formula is C25H24N4O. The molecule has 0 aliphatic heterocycles. The van der Waals surface area contributed by atoms with Crippen LogP contribution in [-0.4, -0.2) is 20.7 Å². The number of anilines is 1. The summed E-state index contributed by atoms with van der Waals surface area (Å²) in [5.41, 5.74) is 4.29. The summed E-state index contributed by atoms with van der Waals surface area (Å²) < 4.78 is 1.40. The largest absolute Gasteiger partial charge is 0.350 e. The van der Waals surface area contributed by atoms with Crippen LogP contribution in [0.25, 0.3) is 11.4 Å². The van der Waals surface area contributed by atoms with Crippen LogP contribution in [0.5, 0.6) is 0 Å². The number of benzene rings is 3. The SMILES string of the molecule is Cc1ccc(-c2nc(NCc3ccccc3)n(C(=O)CCc3ccccc3)n2)cc1. The molecule has 0 bridgehead atoms. The van der Waals surface area contributed by atoms with Crippen LogP contribution in [0.2, 0.25) is 0 Å². The van der Waals surface area contributed by atoms with Gasteiger partial charge in [-0.15, -0.1) is 5.10 Å². The molecule has 0 spiro atoms. The summed E-state index contributed by atoms with van der Waals surface area (Å²) in [6.45, 7) is 2.61. The third kappa shape index (κ3) is 4.81. The molecule has 0 aliphatic carbocycles. The first kappa shape index (κ1) is 19.6. The van der Waals surface area contributed by atoms with Crippen molar-refractivity contribution in [2.45, 2.75) is 26.3 Å². The maximum atomic E-state index is 13.0. The van der Waals surface area contributed by atoms with E-state index in [1.165, 1.54) is 10.2 Å². The van der Waals surface area contributed by atoms with Crippen molar-refractivity contribution in [3.05, 3.63) is 102 Å². The molecule has 0 aliphatic rings. The van der Waals surface area contributed by atoms with Gasteiger partial charge in [-0.2, -0.15) is 9.67 Å². The standard InChI is InChI=1S/C25H24N4O/c1-19-12-15-22(16-13-19)24-27-25(26-18-21-10-6-3-7-11-21)29(28-24)23(30)17-14-20-8-4-2-5-9-20/h2-13,15-16H,14,17-18H2,1H3,(H,26,27,28).